The second-order valence-corrected chi connectivity index (χ2v) is 5.46. The molecular formula is C10H13F2N3O3S. The number of amides is 2. The monoisotopic (exact) mass is 293 g/mol. The van der Waals surface area contributed by atoms with E-state index >= 15 is 0 Å². The molecule has 0 radical (unpaired) electrons. The third-order valence-corrected chi connectivity index (χ3v) is 2.93. The van der Waals surface area contributed by atoms with Crippen molar-refractivity contribution in [3.63, 3.8) is 0 Å². The Labute approximate surface area is 109 Å². The minimum atomic E-state index is -3.57. The van der Waals surface area contributed by atoms with Crippen LogP contribution in [0.2, 0.25) is 0 Å². The number of halogens is 2. The molecule has 0 heterocycles. The molecule has 0 unspecified atom stereocenters. The van der Waals surface area contributed by atoms with E-state index in [4.69, 9.17) is 5.14 Å². The van der Waals surface area contributed by atoms with E-state index in [9.17, 15) is 22.0 Å². The number of hydrogen-bond acceptors (Lipinski definition) is 3. The molecule has 1 aromatic rings. The maximum atomic E-state index is 13.2. The first-order valence-corrected chi connectivity index (χ1v) is 7.00. The van der Waals surface area contributed by atoms with E-state index in [1.807, 2.05) is 0 Å². The summed E-state index contributed by atoms with van der Waals surface area (Å²) < 4.78 is 47.0. The Morgan fingerprint density at radius 3 is 2.58 bits per heavy atom. The van der Waals surface area contributed by atoms with Gasteiger partial charge in [-0.15, -0.1) is 0 Å². The zero-order chi connectivity index (χ0) is 14.5. The van der Waals surface area contributed by atoms with Crippen LogP contribution in [0.5, 0.6) is 0 Å². The Balaban J connectivity index is 2.39. The third-order valence-electron chi connectivity index (χ3n) is 2.07. The van der Waals surface area contributed by atoms with E-state index in [-0.39, 0.29) is 24.4 Å². The topological polar surface area (TPSA) is 101 Å². The molecule has 0 fully saturated rings. The van der Waals surface area contributed by atoms with Crippen molar-refractivity contribution in [1.82, 2.24) is 5.32 Å². The van der Waals surface area contributed by atoms with Gasteiger partial charge in [0.2, 0.25) is 10.0 Å². The van der Waals surface area contributed by atoms with Crippen LogP contribution >= 0.6 is 0 Å². The van der Waals surface area contributed by atoms with Crippen molar-refractivity contribution >= 4 is 21.7 Å². The summed E-state index contributed by atoms with van der Waals surface area (Å²) in [5.74, 6) is -1.92. The molecular weight excluding hydrogens is 280 g/mol. The van der Waals surface area contributed by atoms with Crippen LogP contribution in [-0.4, -0.2) is 26.7 Å². The number of anilines is 1. The van der Waals surface area contributed by atoms with Gasteiger partial charge in [0, 0.05) is 12.6 Å². The number of urea groups is 1. The van der Waals surface area contributed by atoms with Crippen LogP contribution < -0.4 is 15.8 Å². The van der Waals surface area contributed by atoms with Crippen molar-refractivity contribution in [2.75, 3.05) is 17.6 Å². The molecule has 1 rings (SSSR count). The van der Waals surface area contributed by atoms with E-state index in [2.05, 4.69) is 10.6 Å². The molecule has 0 aliphatic carbocycles. The number of primary sulfonamides is 1. The standard InChI is InChI=1S/C10H13F2N3O3S/c11-7-2-3-9(8(12)6-7)15-10(16)14-4-1-5-19(13,17)18/h2-3,6H,1,4-5H2,(H2,13,17,18)(H2,14,15,16). The van der Waals surface area contributed by atoms with Crippen LogP contribution in [0.4, 0.5) is 19.3 Å². The molecule has 106 valence electrons. The SMILES string of the molecule is NS(=O)(=O)CCCNC(=O)Nc1ccc(F)cc1F. The molecule has 4 N–H and O–H groups in total. The van der Waals surface area contributed by atoms with Gasteiger partial charge in [-0.2, -0.15) is 0 Å². The maximum absolute atomic E-state index is 13.2. The largest absolute Gasteiger partial charge is 0.338 e. The molecule has 0 bridgehead atoms. The first-order valence-electron chi connectivity index (χ1n) is 5.28. The Morgan fingerprint density at radius 2 is 2.00 bits per heavy atom. The minimum Gasteiger partial charge on any atom is -0.338 e. The Kier molecular flexibility index (Phi) is 5.19. The highest BCUT2D eigenvalue weighted by Crippen LogP contribution is 2.14. The van der Waals surface area contributed by atoms with Crippen LogP contribution in [0, 0.1) is 11.6 Å². The summed E-state index contributed by atoms with van der Waals surface area (Å²) in [6, 6.07) is 1.99. The molecule has 0 saturated heterocycles. The number of carbonyl (C=O) groups excluding carboxylic acids is 1. The molecule has 1 aromatic carbocycles. The van der Waals surface area contributed by atoms with Gasteiger partial charge in [-0.3, -0.25) is 0 Å². The van der Waals surface area contributed by atoms with Gasteiger partial charge < -0.3 is 10.6 Å². The van der Waals surface area contributed by atoms with Crippen LogP contribution in [0.25, 0.3) is 0 Å². The van der Waals surface area contributed by atoms with E-state index < -0.39 is 27.7 Å². The molecule has 19 heavy (non-hydrogen) atoms. The van der Waals surface area contributed by atoms with E-state index in [1.54, 1.807) is 0 Å². The highest BCUT2D eigenvalue weighted by molar-refractivity contribution is 7.89. The van der Waals surface area contributed by atoms with Crippen LogP contribution in [-0.2, 0) is 10.0 Å². The van der Waals surface area contributed by atoms with Crippen molar-refractivity contribution in [3.8, 4) is 0 Å². The lowest BCUT2D eigenvalue weighted by molar-refractivity contribution is 0.252. The first kappa shape index (κ1) is 15.3. The third kappa shape index (κ3) is 6.11. The number of carbonyl (C=O) groups is 1. The number of nitrogens with one attached hydrogen (secondary N) is 2. The lowest BCUT2D eigenvalue weighted by Gasteiger charge is -2.08. The molecule has 0 aliphatic rings. The summed E-state index contributed by atoms with van der Waals surface area (Å²) in [4.78, 5) is 11.3. The molecule has 2 amide bonds. The zero-order valence-electron chi connectivity index (χ0n) is 9.82. The Bertz CT molecular complexity index is 563. The van der Waals surface area contributed by atoms with Gasteiger partial charge in [0.05, 0.1) is 11.4 Å². The highest BCUT2D eigenvalue weighted by Gasteiger charge is 2.08. The fourth-order valence-electron chi connectivity index (χ4n) is 1.23. The Morgan fingerprint density at radius 1 is 1.32 bits per heavy atom. The lowest BCUT2D eigenvalue weighted by Crippen LogP contribution is -2.31. The van der Waals surface area contributed by atoms with Gasteiger partial charge in [0.1, 0.15) is 11.6 Å². The smallest absolute Gasteiger partial charge is 0.319 e. The second kappa shape index (κ2) is 6.43. The number of rotatable bonds is 5. The minimum absolute atomic E-state index is 0.0606. The summed E-state index contributed by atoms with van der Waals surface area (Å²) in [7, 11) is -3.57. The van der Waals surface area contributed by atoms with E-state index in [1.165, 1.54) is 0 Å². The molecule has 0 spiro atoms. The van der Waals surface area contributed by atoms with Gasteiger partial charge in [-0.05, 0) is 18.6 Å². The molecule has 9 heteroatoms. The number of nitrogens with two attached hydrogens (primary N) is 1. The molecule has 6 nitrogen and oxygen atoms in total. The summed E-state index contributed by atoms with van der Waals surface area (Å²) in [5.41, 5.74) is -0.176. The van der Waals surface area contributed by atoms with Crippen LogP contribution in [0.3, 0.4) is 0 Å². The van der Waals surface area contributed by atoms with Gasteiger partial charge in [0.15, 0.2) is 0 Å². The summed E-state index contributed by atoms with van der Waals surface area (Å²) in [6.45, 7) is 0.0606. The molecule has 0 atom stereocenters. The summed E-state index contributed by atoms with van der Waals surface area (Å²) in [5, 5.41) is 9.25. The lowest BCUT2D eigenvalue weighted by atomic mass is 10.3. The summed E-state index contributed by atoms with van der Waals surface area (Å²) in [6.07, 6.45) is 0.137. The molecule has 0 aliphatic heterocycles. The van der Waals surface area contributed by atoms with Gasteiger partial charge >= 0.3 is 6.03 Å². The number of benzene rings is 1. The van der Waals surface area contributed by atoms with Crippen LogP contribution in [0.15, 0.2) is 18.2 Å². The normalized spacial score (nSPS) is 11.1. The predicted molar refractivity (Wildman–Crippen MR) is 66.0 cm³/mol. The fraction of sp³-hybridized carbons (Fsp3) is 0.300. The average molecular weight is 293 g/mol. The van der Waals surface area contributed by atoms with Gasteiger partial charge in [-0.25, -0.2) is 27.1 Å². The van der Waals surface area contributed by atoms with Gasteiger partial charge in [0.25, 0.3) is 0 Å². The summed E-state index contributed by atoms with van der Waals surface area (Å²) >= 11 is 0. The maximum Gasteiger partial charge on any atom is 0.319 e. The quantitative estimate of drug-likeness (QED) is 0.699. The highest BCUT2D eigenvalue weighted by atomic mass is 32.2. The second-order valence-electron chi connectivity index (χ2n) is 3.73. The van der Waals surface area contributed by atoms with Crippen molar-refractivity contribution in [2.24, 2.45) is 5.14 Å². The number of hydrogen-bond donors (Lipinski definition) is 3. The first-order chi connectivity index (χ1) is 8.78. The van der Waals surface area contributed by atoms with Crippen molar-refractivity contribution in [3.05, 3.63) is 29.8 Å². The fourth-order valence-corrected chi connectivity index (χ4v) is 1.78. The van der Waals surface area contributed by atoms with E-state index in [0.717, 1.165) is 12.1 Å². The van der Waals surface area contributed by atoms with Crippen molar-refractivity contribution < 1.29 is 22.0 Å². The van der Waals surface area contributed by atoms with E-state index in [0.29, 0.717) is 6.07 Å². The molecule has 0 saturated carbocycles. The predicted octanol–water partition coefficient (Wildman–Crippen LogP) is 0.765. The Hall–Kier alpha value is -1.74. The van der Waals surface area contributed by atoms with Crippen LogP contribution in [0.1, 0.15) is 6.42 Å². The zero-order valence-corrected chi connectivity index (χ0v) is 10.6. The van der Waals surface area contributed by atoms with Crippen molar-refractivity contribution in [2.45, 2.75) is 6.42 Å². The molecule has 0 aromatic heterocycles. The average Bonchev–Trinajstić information content (AvgIpc) is 2.27. The van der Waals surface area contributed by atoms with Gasteiger partial charge in [-0.1, -0.05) is 0 Å². The number of sulfonamides is 1. The van der Waals surface area contributed by atoms with Crippen molar-refractivity contribution in [1.29, 1.82) is 0 Å².